The highest BCUT2D eigenvalue weighted by Gasteiger charge is 2.38. The highest BCUT2D eigenvalue weighted by Crippen LogP contribution is 2.42. The van der Waals surface area contributed by atoms with E-state index >= 15 is 0 Å². The van der Waals surface area contributed by atoms with Gasteiger partial charge in [0.25, 0.3) is 0 Å². The summed E-state index contributed by atoms with van der Waals surface area (Å²) in [7, 11) is -1.07. The third kappa shape index (κ3) is 2.63. The van der Waals surface area contributed by atoms with Gasteiger partial charge in [-0.05, 0) is 24.6 Å². The van der Waals surface area contributed by atoms with Crippen LogP contribution in [-0.4, -0.2) is 24.9 Å². The van der Waals surface area contributed by atoms with E-state index < -0.39 is 8.07 Å². The standard InChI is InChI=1S/C9H18OSSi/c1-12(2,3)8-9(7-10)5-4-6-11-9/h7H,4-6,8H2,1-3H3. The third-order valence-corrected chi connectivity index (χ3v) is 5.64. The van der Waals surface area contributed by atoms with Crippen molar-refractivity contribution in [1.29, 1.82) is 0 Å². The highest BCUT2D eigenvalue weighted by molar-refractivity contribution is 8.01. The summed E-state index contributed by atoms with van der Waals surface area (Å²) in [6, 6.07) is 1.16. The molecule has 0 aromatic rings. The zero-order valence-corrected chi connectivity index (χ0v) is 10.0. The molecular formula is C9H18OSSi. The van der Waals surface area contributed by atoms with Crippen LogP contribution in [0.15, 0.2) is 0 Å². The van der Waals surface area contributed by atoms with Gasteiger partial charge in [-0.2, -0.15) is 0 Å². The summed E-state index contributed by atoms with van der Waals surface area (Å²) in [5.41, 5.74) is 0. The molecule has 0 aromatic carbocycles. The minimum atomic E-state index is -1.07. The Kier molecular flexibility index (Phi) is 3.04. The lowest BCUT2D eigenvalue weighted by Crippen LogP contribution is -2.34. The minimum absolute atomic E-state index is 0.0183. The molecular weight excluding hydrogens is 184 g/mol. The maximum Gasteiger partial charge on any atom is 0.135 e. The van der Waals surface area contributed by atoms with E-state index in [-0.39, 0.29) is 4.75 Å². The summed E-state index contributed by atoms with van der Waals surface area (Å²) in [5, 5.41) is 0. The molecule has 0 amide bonds. The normalized spacial score (nSPS) is 30.6. The molecule has 12 heavy (non-hydrogen) atoms. The van der Waals surface area contributed by atoms with E-state index in [2.05, 4.69) is 19.6 Å². The van der Waals surface area contributed by atoms with Gasteiger partial charge in [0.15, 0.2) is 0 Å². The average molecular weight is 202 g/mol. The van der Waals surface area contributed by atoms with Gasteiger partial charge in [-0.1, -0.05) is 19.6 Å². The second-order valence-electron chi connectivity index (χ2n) is 4.87. The predicted octanol–water partition coefficient (Wildman–Crippen LogP) is 2.79. The molecule has 0 radical (unpaired) electrons. The summed E-state index contributed by atoms with van der Waals surface area (Å²) < 4.78 is 0.0183. The van der Waals surface area contributed by atoms with Crippen LogP contribution in [0.2, 0.25) is 25.7 Å². The second kappa shape index (κ2) is 3.54. The topological polar surface area (TPSA) is 17.1 Å². The average Bonchev–Trinajstić information content (AvgIpc) is 2.34. The van der Waals surface area contributed by atoms with Crippen LogP contribution in [0.5, 0.6) is 0 Å². The van der Waals surface area contributed by atoms with Gasteiger partial charge >= 0.3 is 0 Å². The highest BCUT2D eigenvalue weighted by atomic mass is 32.2. The van der Waals surface area contributed by atoms with E-state index in [4.69, 9.17) is 0 Å². The number of hydrogen-bond acceptors (Lipinski definition) is 2. The van der Waals surface area contributed by atoms with E-state index in [1.54, 1.807) is 0 Å². The van der Waals surface area contributed by atoms with Crippen LogP contribution in [0.1, 0.15) is 12.8 Å². The largest absolute Gasteiger partial charge is 0.302 e. The number of aldehydes is 1. The van der Waals surface area contributed by atoms with E-state index in [0.29, 0.717) is 0 Å². The molecule has 1 rings (SSSR count). The Balaban J connectivity index is 2.62. The predicted molar refractivity (Wildman–Crippen MR) is 58.6 cm³/mol. The fraction of sp³-hybridized carbons (Fsp3) is 0.889. The molecule has 1 heterocycles. The fourth-order valence-electron chi connectivity index (χ4n) is 1.89. The quantitative estimate of drug-likeness (QED) is 0.517. The van der Waals surface area contributed by atoms with Crippen molar-refractivity contribution in [2.45, 2.75) is 43.3 Å². The molecule has 70 valence electrons. The Labute approximate surface area is 80.3 Å². The van der Waals surface area contributed by atoms with Crippen molar-refractivity contribution >= 4 is 26.1 Å². The molecule has 1 fully saturated rings. The van der Waals surface area contributed by atoms with Crippen LogP contribution >= 0.6 is 11.8 Å². The van der Waals surface area contributed by atoms with Gasteiger partial charge in [-0.15, -0.1) is 11.8 Å². The fourth-order valence-corrected chi connectivity index (χ4v) is 6.71. The molecule has 1 aliphatic rings. The Morgan fingerprint density at radius 1 is 1.50 bits per heavy atom. The van der Waals surface area contributed by atoms with Gasteiger partial charge in [0.2, 0.25) is 0 Å². The Morgan fingerprint density at radius 3 is 2.50 bits per heavy atom. The first-order chi connectivity index (χ1) is 5.47. The molecule has 0 bridgehead atoms. The first-order valence-electron chi connectivity index (χ1n) is 4.58. The number of thioether (sulfide) groups is 1. The molecule has 0 aliphatic carbocycles. The van der Waals surface area contributed by atoms with Crippen LogP contribution in [0.4, 0.5) is 0 Å². The molecule has 0 saturated carbocycles. The number of carbonyl (C=O) groups is 1. The first-order valence-corrected chi connectivity index (χ1v) is 9.27. The van der Waals surface area contributed by atoms with Crippen molar-refractivity contribution in [1.82, 2.24) is 0 Å². The first kappa shape index (κ1) is 10.3. The zero-order valence-electron chi connectivity index (χ0n) is 8.22. The lowest BCUT2D eigenvalue weighted by atomic mass is 10.1. The summed E-state index contributed by atoms with van der Waals surface area (Å²) in [6.07, 6.45) is 3.56. The van der Waals surface area contributed by atoms with Gasteiger partial charge in [0.05, 0.1) is 4.75 Å². The van der Waals surface area contributed by atoms with Crippen LogP contribution in [0.25, 0.3) is 0 Å². The van der Waals surface area contributed by atoms with E-state index in [0.717, 1.165) is 12.5 Å². The summed E-state index contributed by atoms with van der Waals surface area (Å²) in [4.78, 5) is 11.0. The lowest BCUT2D eigenvalue weighted by Gasteiger charge is -2.28. The Bertz CT molecular complexity index is 168. The van der Waals surface area contributed by atoms with E-state index in [9.17, 15) is 4.79 Å². The monoisotopic (exact) mass is 202 g/mol. The van der Waals surface area contributed by atoms with Crippen LogP contribution < -0.4 is 0 Å². The van der Waals surface area contributed by atoms with Crippen LogP contribution in [0, 0.1) is 0 Å². The third-order valence-electron chi connectivity index (χ3n) is 2.18. The SMILES string of the molecule is C[Si](C)(C)CC1(C=O)CCCS1. The molecule has 1 atom stereocenters. The molecule has 1 nitrogen and oxygen atoms in total. The van der Waals surface area contributed by atoms with Crippen molar-refractivity contribution in [3.05, 3.63) is 0 Å². The minimum Gasteiger partial charge on any atom is -0.302 e. The molecule has 1 saturated heterocycles. The van der Waals surface area contributed by atoms with E-state index in [1.807, 2.05) is 11.8 Å². The molecule has 0 aromatic heterocycles. The molecule has 0 spiro atoms. The van der Waals surface area contributed by atoms with Crippen molar-refractivity contribution in [3.63, 3.8) is 0 Å². The smallest absolute Gasteiger partial charge is 0.135 e. The van der Waals surface area contributed by atoms with Gasteiger partial charge in [0, 0.05) is 8.07 Å². The van der Waals surface area contributed by atoms with Gasteiger partial charge < -0.3 is 4.79 Å². The van der Waals surface area contributed by atoms with Crippen LogP contribution in [0.3, 0.4) is 0 Å². The molecule has 3 heteroatoms. The van der Waals surface area contributed by atoms with Crippen molar-refractivity contribution < 1.29 is 4.79 Å². The van der Waals surface area contributed by atoms with Gasteiger partial charge in [-0.25, -0.2) is 0 Å². The molecule has 0 N–H and O–H groups in total. The molecule has 1 unspecified atom stereocenters. The lowest BCUT2D eigenvalue weighted by molar-refractivity contribution is -0.109. The second-order valence-corrected chi connectivity index (χ2v) is 11.9. The summed E-state index contributed by atoms with van der Waals surface area (Å²) in [6.45, 7) is 7.03. The van der Waals surface area contributed by atoms with Crippen molar-refractivity contribution in [3.8, 4) is 0 Å². The van der Waals surface area contributed by atoms with Crippen LogP contribution in [-0.2, 0) is 4.79 Å². The maximum atomic E-state index is 11.0. The van der Waals surface area contributed by atoms with Crippen molar-refractivity contribution in [2.75, 3.05) is 5.75 Å². The van der Waals surface area contributed by atoms with Gasteiger partial charge in [0.1, 0.15) is 6.29 Å². The Hall–Kier alpha value is 0.237. The maximum absolute atomic E-state index is 11.0. The van der Waals surface area contributed by atoms with E-state index in [1.165, 1.54) is 18.5 Å². The van der Waals surface area contributed by atoms with Gasteiger partial charge in [-0.3, -0.25) is 0 Å². The zero-order chi connectivity index (χ0) is 9.24. The number of carbonyl (C=O) groups excluding carboxylic acids is 1. The molecule has 1 aliphatic heterocycles. The summed E-state index contributed by atoms with van der Waals surface area (Å²) >= 11 is 1.88. The number of rotatable bonds is 3. The number of hydrogen-bond donors (Lipinski definition) is 0. The summed E-state index contributed by atoms with van der Waals surface area (Å²) in [5.74, 6) is 1.18. The van der Waals surface area contributed by atoms with Crippen molar-refractivity contribution in [2.24, 2.45) is 0 Å². The Morgan fingerprint density at radius 2 is 2.17 bits per heavy atom.